The quantitative estimate of drug-likeness (QED) is 0.646. The molecule has 1 aromatic heterocycles. The van der Waals surface area contributed by atoms with Gasteiger partial charge < -0.3 is 4.98 Å². The maximum Gasteiger partial charge on any atom is 0.0457 e. The van der Waals surface area contributed by atoms with E-state index in [1.807, 2.05) is 6.20 Å². The van der Waals surface area contributed by atoms with Crippen LogP contribution in [0.2, 0.25) is 0 Å². The Balaban J connectivity index is 2.83. The number of aryl methyl sites for hydroxylation is 1. The second kappa shape index (κ2) is 2.88. The molecule has 0 spiro atoms. The Morgan fingerprint density at radius 2 is 1.79 bits per heavy atom. The van der Waals surface area contributed by atoms with E-state index in [-0.39, 0.29) is 5.41 Å². The number of fused-ring (bicyclic) bond motifs is 1. The zero-order chi connectivity index (χ0) is 10.3. The fourth-order valence-corrected chi connectivity index (χ4v) is 2.24. The number of hydrogen-bond acceptors (Lipinski definition) is 0. The fraction of sp³-hybridized carbons (Fsp3) is 0.385. The van der Waals surface area contributed by atoms with E-state index < -0.39 is 0 Å². The summed E-state index contributed by atoms with van der Waals surface area (Å²) in [6, 6.07) is 6.52. The average Bonchev–Trinajstić information content (AvgIpc) is 2.48. The molecule has 0 aliphatic heterocycles. The van der Waals surface area contributed by atoms with Gasteiger partial charge in [-0.3, -0.25) is 0 Å². The molecule has 1 heteroatoms. The fourth-order valence-electron chi connectivity index (χ4n) is 2.24. The van der Waals surface area contributed by atoms with Gasteiger partial charge in [0.1, 0.15) is 0 Å². The van der Waals surface area contributed by atoms with Crippen molar-refractivity contribution in [2.45, 2.75) is 33.1 Å². The Kier molecular flexibility index (Phi) is 1.91. The normalized spacial score (nSPS) is 12.3. The van der Waals surface area contributed by atoms with Gasteiger partial charge in [0, 0.05) is 17.1 Å². The van der Waals surface area contributed by atoms with E-state index in [2.05, 4.69) is 50.9 Å². The van der Waals surface area contributed by atoms with Gasteiger partial charge in [-0.1, -0.05) is 26.8 Å². The van der Waals surface area contributed by atoms with E-state index >= 15 is 0 Å². The summed E-state index contributed by atoms with van der Waals surface area (Å²) in [6.07, 6.45) is 2.01. The molecule has 0 amide bonds. The highest BCUT2D eigenvalue weighted by molar-refractivity contribution is 5.85. The molecule has 0 aliphatic carbocycles. The summed E-state index contributed by atoms with van der Waals surface area (Å²) in [5, 5.41) is 1.36. The van der Waals surface area contributed by atoms with Gasteiger partial charge in [0.05, 0.1) is 0 Å². The van der Waals surface area contributed by atoms with Crippen molar-refractivity contribution in [2.75, 3.05) is 0 Å². The van der Waals surface area contributed by atoms with Crippen molar-refractivity contribution in [3.05, 3.63) is 35.5 Å². The predicted molar refractivity (Wildman–Crippen MR) is 61.7 cm³/mol. The van der Waals surface area contributed by atoms with Crippen LogP contribution in [-0.4, -0.2) is 4.98 Å². The zero-order valence-electron chi connectivity index (χ0n) is 9.31. The van der Waals surface area contributed by atoms with Crippen molar-refractivity contribution in [3.8, 4) is 0 Å². The lowest BCUT2D eigenvalue weighted by atomic mass is 9.82. The van der Waals surface area contributed by atoms with Crippen LogP contribution in [0.3, 0.4) is 0 Å². The van der Waals surface area contributed by atoms with Crippen molar-refractivity contribution >= 4 is 10.9 Å². The number of nitrogens with one attached hydrogen (secondary N) is 1. The number of hydrogen-bond donors (Lipinski definition) is 1. The third kappa shape index (κ3) is 1.33. The van der Waals surface area contributed by atoms with Crippen molar-refractivity contribution in [1.82, 2.24) is 4.98 Å². The van der Waals surface area contributed by atoms with Crippen LogP contribution >= 0.6 is 0 Å². The molecule has 14 heavy (non-hydrogen) atoms. The Morgan fingerprint density at radius 3 is 2.43 bits per heavy atom. The highest BCUT2D eigenvalue weighted by Gasteiger charge is 2.19. The molecule has 0 radical (unpaired) electrons. The smallest absolute Gasteiger partial charge is 0.0457 e. The lowest BCUT2D eigenvalue weighted by molar-refractivity contribution is 0.592. The van der Waals surface area contributed by atoms with Crippen LogP contribution in [0.5, 0.6) is 0 Å². The molecule has 0 saturated carbocycles. The molecule has 0 fully saturated rings. The maximum absolute atomic E-state index is 3.26. The van der Waals surface area contributed by atoms with Crippen LogP contribution in [0.25, 0.3) is 10.9 Å². The number of benzene rings is 1. The molecule has 2 rings (SSSR count). The van der Waals surface area contributed by atoms with Crippen LogP contribution in [-0.2, 0) is 5.41 Å². The minimum absolute atomic E-state index is 0.214. The summed E-state index contributed by atoms with van der Waals surface area (Å²) < 4.78 is 0. The van der Waals surface area contributed by atoms with Gasteiger partial charge in [-0.05, 0) is 35.6 Å². The molecule has 0 bridgehead atoms. The molecule has 1 nitrogen and oxygen atoms in total. The number of aromatic nitrogens is 1. The molecular weight excluding hydrogens is 170 g/mol. The molecule has 0 atom stereocenters. The lowest BCUT2D eigenvalue weighted by Crippen LogP contribution is -2.13. The largest absolute Gasteiger partial charge is 0.361 e. The highest BCUT2D eigenvalue weighted by Crippen LogP contribution is 2.32. The van der Waals surface area contributed by atoms with E-state index in [4.69, 9.17) is 0 Å². The topological polar surface area (TPSA) is 15.8 Å². The molecule has 74 valence electrons. The summed E-state index contributed by atoms with van der Waals surface area (Å²) in [7, 11) is 0. The summed E-state index contributed by atoms with van der Waals surface area (Å²) in [5.41, 5.74) is 4.28. The summed E-state index contributed by atoms with van der Waals surface area (Å²) in [4.78, 5) is 3.26. The van der Waals surface area contributed by atoms with Crippen LogP contribution in [0.4, 0.5) is 0 Å². The van der Waals surface area contributed by atoms with Crippen LogP contribution in [0.15, 0.2) is 24.4 Å². The minimum Gasteiger partial charge on any atom is -0.361 e. The van der Waals surface area contributed by atoms with Gasteiger partial charge in [-0.25, -0.2) is 0 Å². The van der Waals surface area contributed by atoms with E-state index in [1.54, 1.807) is 0 Å². The zero-order valence-corrected chi connectivity index (χ0v) is 9.31. The second-order valence-electron chi connectivity index (χ2n) is 4.95. The Hall–Kier alpha value is -1.24. The van der Waals surface area contributed by atoms with Gasteiger partial charge in [0.2, 0.25) is 0 Å². The van der Waals surface area contributed by atoms with Crippen molar-refractivity contribution in [3.63, 3.8) is 0 Å². The van der Waals surface area contributed by atoms with E-state index in [0.717, 1.165) is 0 Å². The maximum atomic E-state index is 3.26. The SMILES string of the molecule is Cc1ccc2[nH]ccc2c1C(C)(C)C. The molecule has 0 saturated heterocycles. The standard InChI is InChI=1S/C13H17N/c1-9-5-6-11-10(7-8-14-11)12(9)13(2,3)4/h5-8,14H,1-4H3. The van der Waals surface area contributed by atoms with Crippen molar-refractivity contribution in [1.29, 1.82) is 0 Å². The third-order valence-electron chi connectivity index (χ3n) is 2.69. The predicted octanol–water partition coefficient (Wildman–Crippen LogP) is 3.77. The van der Waals surface area contributed by atoms with Crippen molar-refractivity contribution < 1.29 is 0 Å². The Morgan fingerprint density at radius 1 is 1.07 bits per heavy atom. The van der Waals surface area contributed by atoms with Gasteiger partial charge in [0.15, 0.2) is 0 Å². The first-order chi connectivity index (χ1) is 6.50. The molecule has 2 aromatic rings. The second-order valence-corrected chi connectivity index (χ2v) is 4.95. The molecular formula is C13H17N. The lowest BCUT2D eigenvalue weighted by Gasteiger charge is -2.22. The Labute approximate surface area is 85.1 Å². The van der Waals surface area contributed by atoms with Gasteiger partial charge >= 0.3 is 0 Å². The van der Waals surface area contributed by atoms with Crippen molar-refractivity contribution in [2.24, 2.45) is 0 Å². The third-order valence-corrected chi connectivity index (χ3v) is 2.69. The number of aromatic amines is 1. The molecule has 1 aromatic carbocycles. The number of H-pyrrole nitrogens is 1. The molecule has 0 aliphatic rings. The summed E-state index contributed by atoms with van der Waals surface area (Å²) in [6.45, 7) is 8.98. The van der Waals surface area contributed by atoms with Gasteiger partial charge in [-0.15, -0.1) is 0 Å². The Bertz CT molecular complexity index is 458. The van der Waals surface area contributed by atoms with Crippen LogP contribution < -0.4 is 0 Å². The first-order valence-electron chi connectivity index (χ1n) is 5.07. The molecule has 0 unspecified atom stereocenters. The first-order valence-corrected chi connectivity index (χ1v) is 5.07. The van der Waals surface area contributed by atoms with Crippen LogP contribution in [0, 0.1) is 6.92 Å². The minimum atomic E-state index is 0.214. The average molecular weight is 187 g/mol. The number of rotatable bonds is 0. The highest BCUT2D eigenvalue weighted by atomic mass is 14.7. The van der Waals surface area contributed by atoms with E-state index in [1.165, 1.54) is 22.0 Å². The van der Waals surface area contributed by atoms with E-state index in [9.17, 15) is 0 Å². The van der Waals surface area contributed by atoms with Gasteiger partial charge in [0.25, 0.3) is 0 Å². The monoisotopic (exact) mass is 187 g/mol. The van der Waals surface area contributed by atoms with Gasteiger partial charge in [-0.2, -0.15) is 0 Å². The molecule has 1 N–H and O–H groups in total. The van der Waals surface area contributed by atoms with Crippen LogP contribution in [0.1, 0.15) is 31.9 Å². The summed E-state index contributed by atoms with van der Waals surface area (Å²) >= 11 is 0. The summed E-state index contributed by atoms with van der Waals surface area (Å²) in [5.74, 6) is 0. The van der Waals surface area contributed by atoms with E-state index in [0.29, 0.717) is 0 Å². The molecule has 1 heterocycles. The first kappa shape index (κ1) is 9.32.